The lowest BCUT2D eigenvalue weighted by atomic mass is 10.1. The molecule has 1 aliphatic rings. The summed E-state index contributed by atoms with van der Waals surface area (Å²) in [4.78, 5) is 15.0. The molecule has 1 aliphatic heterocycles. The first-order valence-electron chi connectivity index (χ1n) is 10.1. The van der Waals surface area contributed by atoms with Crippen LogP contribution in [0.15, 0.2) is 6.07 Å². The predicted octanol–water partition coefficient (Wildman–Crippen LogP) is 2.92. The normalized spacial score (nSPS) is 19.9. The summed E-state index contributed by atoms with van der Waals surface area (Å²) in [7, 11) is 1.40. The van der Waals surface area contributed by atoms with Crippen molar-refractivity contribution in [2.45, 2.75) is 51.6 Å². The number of hydrogen-bond acceptors (Lipinski definition) is 6. The number of alkyl halides is 2. The summed E-state index contributed by atoms with van der Waals surface area (Å²) in [6.07, 6.45) is -2.64. The average Bonchev–Trinajstić information content (AvgIpc) is 3.05. The molecule has 8 nitrogen and oxygen atoms in total. The third-order valence-electron chi connectivity index (χ3n) is 4.82. The number of nitrogens with one attached hydrogen (secondary N) is 1. The summed E-state index contributed by atoms with van der Waals surface area (Å²) in [5.41, 5.74) is -0.585. The second-order valence-electron chi connectivity index (χ2n) is 7.54. The van der Waals surface area contributed by atoms with E-state index in [2.05, 4.69) is 15.0 Å². The minimum atomic E-state index is -2.83. The van der Waals surface area contributed by atoms with E-state index in [9.17, 15) is 22.4 Å². The number of aromatic nitrogens is 2. The number of benzene rings is 1. The highest BCUT2D eigenvalue weighted by atomic mass is 19.3. The summed E-state index contributed by atoms with van der Waals surface area (Å²) in [6, 6.07) is 0.572. The molecule has 2 heterocycles. The summed E-state index contributed by atoms with van der Waals surface area (Å²) in [5.74, 6) is -2.69. The van der Waals surface area contributed by atoms with Crippen molar-refractivity contribution in [2.75, 3.05) is 19.8 Å². The second kappa shape index (κ2) is 10.3. The Hall–Kier alpha value is -2.60. The number of carbonyl (C=O) groups is 1. The zero-order valence-electron chi connectivity index (χ0n) is 17.9. The maximum atomic E-state index is 14.7. The van der Waals surface area contributed by atoms with Gasteiger partial charge in [-0.3, -0.25) is 9.36 Å². The third-order valence-corrected chi connectivity index (χ3v) is 4.82. The zero-order valence-corrected chi connectivity index (χ0v) is 17.9. The van der Waals surface area contributed by atoms with E-state index < -0.39 is 42.8 Å². The minimum absolute atomic E-state index is 0.0203. The van der Waals surface area contributed by atoms with E-state index in [4.69, 9.17) is 14.2 Å². The Kier molecular flexibility index (Phi) is 7.77. The molecule has 1 fully saturated rings. The number of halogens is 4. The highest BCUT2D eigenvalue weighted by Crippen LogP contribution is 2.32. The fourth-order valence-corrected chi connectivity index (χ4v) is 3.34. The predicted molar refractivity (Wildman–Crippen MR) is 105 cm³/mol. The first kappa shape index (κ1) is 24.1. The molecule has 178 valence electrons. The number of ether oxygens (including phenoxy) is 4. The molecular formula is C20H25F4N3O5. The van der Waals surface area contributed by atoms with Crippen molar-refractivity contribution >= 4 is 16.9 Å². The highest BCUT2D eigenvalue weighted by molar-refractivity contribution is 5.80. The van der Waals surface area contributed by atoms with Crippen molar-refractivity contribution in [3.63, 3.8) is 0 Å². The molecule has 0 radical (unpaired) electrons. The van der Waals surface area contributed by atoms with Crippen molar-refractivity contribution in [2.24, 2.45) is 7.05 Å². The summed E-state index contributed by atoms with van der Waals surface area (Å²) in [5, 5.41) is 2.78. The lowest BCUT2D eigenvalue weighted by Crippen LogP contribution is -2.40. The van der Waals surface area contributed by atoms with E-state index in [1.54, 1.807) is 0 Å². The van der Waals surface area contributed by atoms with Crippen LogP contribution in [0.4, 0.5) is 17.6 Å². The minimum Gasteiger partial charge on any atom is -0.484 e. The van der Waals surface area contributed by atoms with Gasteiger partial charge >= 0.3 is 0 Å². The number of amides is 1. The molecule has 2 aromatic rings. The smallest absolute Gasteiger partial charge is 0.297 e. The third kappa shape index (κ3) is 5.80. The zero-order chi connectivity index (χ0) is 23.4. The molecule has 1 amide bonds. The number of aryl methyl sites for hydroxylation is 1. The van der Waals surface area contributed by atoms with Crippen LogP contribution >= 0.6 is 0 Å². The van der Waals surface area contributed by atoms with Gasteiger partial charge in [0.05, 0.1) is 13.2 Å². The van der Waals surface area contributed by atoms with E-state index in [0.717, 1.165) is 0 Å². The van der Waals surface area contributed by atoms with Crippen molar-refractivity contribution < 1.29 is 41.3 Å². The topological polar surface area (TPSA) is 83.8 Å². The average molecular weight is 463 g/mol. The van der Waals surface area contributed by atoms with Gasteiger partial charge in [0.15, 0.2) is 23.7 Å². The Morgan fingerprint density at radius 3 is 2.66 bits per heavy atom. The van der Waals surface area contributed by atoms with Crippen molar-refractivity contribution in [1.82, 2.24) is 14.9 Å². The first-order valence-corrected chi connectivity index (χ1v) is 10.1. The molecule has 1 atom stereocenters. The van der Waals surface area contributed by atoms with E-state index >= 15 is 0 Å². The van der Waals surface area contributed by atoms with Crippen molar-refractivity contribution in [3.8, 4) is 11.8 Å². The maximum Gasteiger partial charge on any atom is 0.297 e. The Bertz CT molecular complexity index is 947. The second-order valence-corrected chi connectivity index (χ2v) is 7.54. The molecule has 0 bridgehead atoms. The molecule has 1 saturated heterocycles. The fourth-order valence-electron chi connectivity index (χ4n) is 3.34. The van der Waals surface area contributed by atoms with Gasteiger partial charge < -0.3 is 24.3 Å². The number of imidazole rings is 1. The quantitative estimate of drug-likeness (QED) is 0.576. The molecular weight excluding hydrogens is 438 g/mol. The van der Waals surface area contributed by atoms with Crippen LogP contribution in [0.2, 0.25) is 0 Å². The SMILES string of the molecule is CC(=O)N[C@@H](C)CC[C@H]1OC[C@H](Oc2nc3c(F)cc(OCC(F)F)c(F)c3n2C)CO1. The largest absolute Gasteiger partial charge is 0.484 e. The molecule has 0 spiro atoms. The number of rotatable bonds is 9. The lowest BCUT2D eigenvalue weighted by Gasteiger charge is -2.30. The van der Waals surface area contributed by atoms with E-state index in [0.29, 0.717) is 18.9 Å². The van der Waals surface area contributed by atoms with Crippen LogP contribution in [0.25, 0.3) is 11.0 Å². The monoisotopic (exact) mass is 463 g/mol. The van der Waals surface area contributed by atoms with Gasteiger partial charge in [-0.1, -0.05) is 0 Å². The van der Waals surface area contributed by atoms with Crippen LogP contribution in [0.3, 0.4) is 0 Å². The van der Waals surface area contributed by atoms with Crippen LogP contribution in [-0.2, 0) is 21.3 Å². The van der Waals surface area contributed by atoms with Gasteiger partial charge in [-0.25, -0.2) is 17.6 Å². The van der Waals surface area contributed by atoms with Crippen molar-refractivity contribution in [3.05, 3.63) is 17.7 Å². The molecule has 3 rings (SSSR count). The number of hydrogen-bond donors (Lipinski definition) is 1. The molecule has 1 aromatic carbocycles. The fraction of sp³-hybridized carbons (Fsp3) is 0.600. The van der Waals surface area contributed by atoms with Gasteiger partial charge in [-0.15, -0.1) is 0 Å². The molecule has 12 heteroatoms. The van der Waals surface area contributed by atoms with Crippen LogP contribution in [0.5, 0.6) is 11.8 Å². The molecule has 32 heavy (non-hydrogen) atoms. The lowest BCUT2D eigenvalue weighted by molar-refractivity contribution is -0.215. The maximum absolute atomic E-state index is 14.7. The standard InChI is InChI=1S/C20H25F4N3O5/c1-10(25-11(2)28)4-5-16-30-7-12(8-31-16)32-20-26-18-13(21)6-14(29-9-15(22)23)17(24)19(18)27(20)3/h6,10,12,15-16H,4-5,7-9H2,1-3H3,(H,25,28)/t10-,12-,16-/m0/s1. The molecule has 0 aliphatic carbocycles. The van der Waals surface area contributed by atoms with Crippen LogP contribution in [0.1, 0.15) is 26.7 Å². The molecule has 0 saturated carbocycles. The Morgan fingerprint density at radius 1 is 1.34 bits per heavy atom. The number of fused-ring (bicyclic) bond motifs is 1. The number of carbonyl (C=O) groups excluding carboxylic acids is 1. The van der Waals surface area contributed by atoms with Gasteiger partial charge in [-0.2, -0.15) is 4.98 Å². The van der Waals surface area contributed by atoms with E-state index in [-0.39, 0.29) is 42.2 Å². The highest BCUT2D eigenvalue weighted by Gasteiger charge is 2.27. The van der Waals surface area contributed by atoms with Crippen LogP contribution < -0.4 is 14.8 Å². The van der Waals surface area contributed by atoms with Gasteiger partial charge in [0.25, 0.3) is 12.4 Å². The Labute approximate surface area is 181 Å². The summed E-state index contributed by atoms with van der Waals surface area (Å²) >= 11 is 0. The van der Waals surface area contributed by atoms with Crippen LogP contribution in [0, 0.1) is 11.6 Å². The van der Waals surface area contributed by atoms with Gasteiger partial charge in [-0.05, 0) is 13.3 Å². The van der Waals surface area contributed by atoms with Gasteiger partial charge in [0, 0.05) is 32.5 Å². The Morgan fingerprint density at radius 2 is 2.03 bits per heavy atom. The first-order chi connectivity index (χ1) is 15.2. The van der Waals surface area contributed by atoms with Crippen LogP contribution in [-0.4, -0.2) is 60.1 Å². The Balaban J connectivity index is 1.62. The molecule has 1 N–H and O–H groups in total. The van der Waals surface area contributed by atoms with E-state index in [1.807, 2.05) is 6.92 Å². The number of nitrogens with zero attached hydrogens (tertiary/aromatic N) is 2. The molecule has 0 unspecified atom stereocenters. The van der Waals surface area contributed by atoms with Gasteiger partial charge in [0.1, 0.15) is 23.7 Å². The molecule has 1 aromatic heterocycles. The van der Waals surface area contributed by atoms with E-state index in [1.165, 1.54) is 18.5 Å². The summed E-state index contributed by atoms with van der Waals surface area (Å²) < 4.78 is 76.5. The summed E-state index contributed by atoms with van der Waals surface area (Å²) in [6.45, 7) is 2.59. The van der Waals surface area contributed by atoms with Gasteiger partial charge in [0.2, 0.25) is 5.91 Å². The van der Waals surface area contributed by atoms with Crippen molar-refractivity contribution in [1.29, 1.82) is 0 Å².